The van der Waals surface area contributed by atoms with Gasteiger partial charge in [0.1, 0.15) is 5.69 Å². The van der Waals surface area contributed by atoms with E-state index in [1.54, 1.807) is 6.07 Å². The van der Waals surface area contributed by atoms with Crippen LogP contribution >= 0.6 is 0 Å². The second kappa shape index (κ2) is 5.36. The summed E-state index contributed by atoms with van der Waals surface area (Å²) in [5, 5.41) is 2.96. The van der Waals surface area contributed by atoms with Crippen molar-refractivity contribution in [1.29, 1.82) is 0 Å². The molecule has 3 heteroatoms. The highest BCUT2D eigenvalue weighted by molar-refractivity contribution is 5.29. The molecule has 1 N–H and O–H groups in total. The highest BCUT2D eigenvalue weighted by Crippen LogP contribution is 2.03. The molecule has 0 saturated heterocycles. The molecule has 0 saturated carbocycles. The fourth-order valence-electron chi connectivity index (χ4n) is 0.961. The third kappa shape index (κ3) is 3.15. The molecule has 0 atom stereocenters. The second-order valence-corrected chi connectivity index (χ2v) is 2.94. The zero-order valence-corrected chi connectivity index (χ0v) is 8.39. The van der Waals surface area contributed by atoms with Gasteiger partial charge in [0, 0.05) is 18.7 Å². The lowest BCUT2D eigenvalue weighted by Gasteiger charge is -1.95. The average molecular weight is 192 g/mol. The van der Waals surface area contributed by atoms with Crippen LogP contribution in [-0.4, -0.2) is 18.6 Å². The zero-order valence-electron chi connectivity index (χ0n) is 8.39. The maximum absolute atomic E-state index is 13.1. The summed E-state index contributed by atoms with van der Waals surface area (Å²) in [6.45, 7) is 2.62. The molecule has 0 aromatic carbocycles. The van der Waals surface area contributed by atoms with E-state index < -0.39 is 0 Å². The largest absolute Gasteiger partial charge is 0.319 e. The molecule has 14 heavy (non-hydrogen) atoms. The fraction of sp³-hybridized carbons (Fsp3) is 0.364. The van der Waals surface area contributed by atoms with E-state index in [1.807, 2.05) is 14.0 Å². The van der Waals surface area contributed by atoms with Crippen LogP contribution in [-0.2, 0) is 0 Å². The van der Waals surface area contributed by atoms with Crippen LogP contribution in [0.1, 0.15) is 17.8 Å². The normalized spacial score (nSPS) is 9.36. The van der Waals surface area contributed by atoms with Crippen molar-refractivity contribution < 1.29 is 4.39 Å². The van der Waals surface area contributed by atoms with Gasteiger partial charge in [0.25, 0.3) is 0 Å². The predicted octanol–water partition coefficient (Wildman–Crippen LogP) is 1.49. The van der Waals surface area contributed by atoms with Gasteiger partial charge in [-0.1, -0.05) is 5.92 Å². The average Bonchev–Trinajstić information content (AvgIpc) is 2.18. The Hall–Kier alpha value is -1.40. The molecule has 1 heterocycles. The Balaban J connectivity index is 2.73. The lowest BCUT2D eigenvalue weighted by molar-refractivity contribution is 0.615. The monoisotopic (exact) mass is 192 g/mol. The number of nitrogens with zero attached hydrogens (tertiary/aromatic N) is 1. The zero-order chi connectivity index (χ0) is 10.4. The molecule has 0 aliphatic carbocycles. The van der Waals surface area contributed by atoms with Crippen molar-refractivity contribution in [3.63, 3.8) is 0 Å². The number of rotatable bonds is 2. The van der Waals surface area contributed by atoms with Crippen LogP contribution in [0.25, 0.3) is 0 Å². The van der Waals surface area contributed by atoms with Crippen molar-refractivity contribution in [2.45, 2.75) is 13.3 Å². The summed E-state index contributed by atoms with van der Waals surface area (Å²) < 4.78 is 13.1. The molecule has 0 unspecified atom stereocenters. The van der Waals surface area contributed by atoms with Gasteiger partial charge in [-0.3, -0.25) is 0 Å². The molecule has 0 aliphatic rings. The SMILES string of the molecule is CNCCC#Cc1nc(C)ccc1F. The molecule has 1 rings (SSSR count). The number of pyridine rings is 1. The first-order valence-corrected chi connectivity index (χ1v) is 4.50. The number of halogens is 1. The minimum atomic E-state index is -0.354. The van der Waals surface area contributed by atoms with E-state index in [1.165, 1.54) is 6.07 Å². The first-order chi connectivity index (χ1) is 6.74. The third-order valence-electron chi connectivity index (χ3n) is 1.69. The molecular weight excluding hydrogens is 179 g/mol. The molecule has 2 nitrogen and oxygen atoms in total. The van der Waals surface area contributed by atoms with Crippen molar-refractivity contribution >= 4 is 0 Å². The first kappa shape index (κ1) is 10.7. The van der Waals surface area contributed by atoms with Crippen molar-refractivity contribution in [3.05, 3.63) is 29.3 Å². The molecule has 74 valence electrons. The molecule has 1 aromatic heterocycles. The molecule has 0 aliphatic heterocycles. The van der Waals surface area contributed by atoms with Crippen LogP contribution in [0.5, 0.6) is 0 Å². The summed E-state index contributed by atoms with van der Waals surface area (Å²) in [5.74, 6) is 5.21. The lowest BCUT2D eigenvalue weighted by Crippen LogP contribution is -2.06. The van der Waals surface area contributed by atoms with Crippen molar-refractivity contribution in [2.75, 3.05) is 13.6 Å². The summed E-state index contributed by atoms with van der Waals surface area (Å²) in [6.07, 6.45) is 0.700. The Morgan fingerprint density at radius 2 is 2.29 bits per heavy atom. The van der Waals surface area contributed by atoms with Gasteiger partial charge in [0.2, 0.25) is 0 Å². The van der Waals surface area contributed by atoms with Gasteiger partial charge in [0.05, 0.1) is 0 Å². The summed E-state index contributed by atoms with van der Waals surface area (Å²) >= 11 is 0. The molecule has 0 fully saturated rings. The van der Waals surface area contributed by atoms with Gasteiger partial charge in [-0.05, 0) is 32.0 Å². The third-order valence-corrected chi connectivity index (χ3v) is 1.69. The van der Waals surface area contributed by atoms with Gasteiger partial charge >= 0.3 is 0 Å². The van der Waals surface area contributed by atoms with Gasteiger partial charge in [-0.2, -0.15) is 0 Å². The summed E-state index contributed by atoms with van der Waals surface area (Å²) in [5.41, 5.74) is 1.02. The van der Waals surface area contributed by atoms with Crippen LogP contribution in [0.3, 0.4) is 0 Å². The molecule has 1 aromatic rings. The van der Waals surface area contributed by atoms with E-state index >= 15 is 0 Å². The Labute approximate surface area is 83.6 Å². The van der Waals surface area contributed by atoms with Gasteiger partial charge < -0.3 is 5.32 Å². The topological polar surface area (TPSA) is 24.9 Å². The van der Waals surface area contributed by atoms with Crippen molar-refractivity contribution in [2.24, 2.45) is 0 Å². The number of hydrogen-bond acceptors (Lipinski definition) is 2. The van der Waals surface area contributed by atoms with E-state index in [2.05, 4.69) is 22.1 Å². The smallest absolute Gasteiger partial charge is 0.157 e. The lowest BCUT2D eigenvalue weighted by atomic mass is 10.3. The van der Waals surface area contributed by atoms with Crippen LogP contribution in [0.4, 0.5) is 4.39 Å². The van der Waals surface area contributed by atoms with E-state index in [9.17, 15) is 4.39 Å². The fourth-order valence-corrected chi connectivity index (χ4v) is 0.961. The summed E-state index contributed by atoms with van der Waals surface area (Å²) in [4.78, 5) is 4.00. The summed E-state index contributed by atoms with van der Waals surface area (Å²) in [6, 6.07) is 3.03. The van der Waals surface area contributed by atoms with Gasteiger partial charge in [-0.25, -0.2) is 9.37 Å². The Kier molecular flexibility index (Phi) is 4.09. The van der Waals surface area contributed by atoms with Crippen LogP contribution in [0.2, 0.25) is 0 Å². The maximum atomic E-state index is 13.1. The van der Waals surface area contributed by atoms with E-state index in [4.69, 9.17) is 0 Å². The molecular formula is C11H13FN2. The Morgan fingerprint density at radius 1 is 1.50 bits per heavy atom. The quantitative estimate of drug-likeness (QED) is 0.567. The molecule has 0 spiro atoms. The van der Waals surface area contributed by atoms with Crippen LogP contribution in [0, 0.1) is 24.6 Å². The maximum Gasteiger partial charge on any atom is 0.157 e. The van der Waals surface area contributed by atoms with Crippen LogP contribution in [0.15, 0.2) is 12.1 Å². The van der Waals surface area contributed by atoms with Crippen molar-refractivity contribution in [3.8, 4) is 11.8 Å². The first-order valence-electron chi connectivity index (χ1n) is 4.50. The highest BCUT2D eigenvalue weighted by Gasteiger charge is 1.98. The highest BCUT2D eigenvalue weighted by atomic mass is 19.1. The number of aryl methyl sites for hydroxylation is 1. The van der Waals surface area contributed by atoms with Gasteiger partial charge in [0.15, 0.2) is 5.82 Å². The second-order valence-electron chi connectivity index (χ2n) is 2.94. The number of nitrogens with one attached hydrogen (secondary N) is 1. The van der Waals surface area contributed by atoms with E-state index in [0.717, 1.165) is 12.2 Å². The van der Waals surface area contributed by atoms with Crippen LogP contribution < -0.4 is 5.32 Å². The molecule has 0 bridgehead atoms. The Bertz CT molecular complexity index is 363. The van der Waals surface area contributed by atoms with Gasteiger partial charge in [-0.15, -0.1) is 0 Å². The van der Waals surface area contributed by atoms with E-state index in [0.29, 0.717) is 6.42 Å². The van der Waals surface area contributed by atoms with Crippen molar-refractivity contribution in [1.82, 2.24) is 10.3 Å². The molecule has 0 radical (unpaired) electrons. The number of hydrogen-bond donors (Lipinski definition) is 1. The number of aromatic nitrogens is 1. The Morgan fingerprint density at radius 3 is 3.00 bits per heavy atom. The van der Waals surface area contributed by atoms with E-state index in [-0.39, 0.29) is 11.5 Å². The minimum absolute atomic E-state index is 0.237. The minimum Gasteiger partial charge on any atom is -0.319 e. The summed E-state index contributed by atoms with van der Waals surface area (Å²) in [7, 11) is 1.85. The standard InChI is InChI=1S/C11H13FN2/c1-9-6-7-10(12)11(14-9)5-3-4-8-13-2/h6-7,13H,4,8H2,1-2H3. The predicted molar refractivity (Wildman–Crippen MR) is 54.4 cm³/mol. The molecule has 0 amide bonds.